The van der Waals surface area contributed by atoms with Crippen LogP contribution in [0.1, 0.15) is 18.9 Å². The first-order chi connectivity index (χ1) is 9.01. The maximum Gasteiger partial charge on any atom is 0.411 e. The van der Waals surface area contributed by atoms with E-state index in [-0.39, 0.29) is 0 Å². The number of alkyl halides is 3. The summed E-state index contributed by atoms with van der Waals surface area (Å²) in [4.78, 5) is 0. The molecule has 0 bridgehead atoms. The van der Waals surface area contributed by atoms with E-state index in [9.17, 15) is 13.2 Å². The zero-order valence-corrected chi connectivity index (χ0v) is 10.8. The zero-order chi connectivity index (χ0) is 14.1. The smallest absolute Gasteiger partial charge is 0.411 e. The Labute approximate surface area is 110 Å². The summed E-state index contributed by atoms with van der Waals surface area (Å²) >= 11 is 0. The van der Waals surface area contributed by atoms with Crippen LogP contribution < -0.4 is 10.1 Å². The van der Waals surface area contributed by atoms with Gasteiger partial charge in [-0.1, -0.05) is 19.1 Å². The molecule has 0 aliphatic rings. The first-order valence-corrected chi connectivity index (χ1v) is 6.08. The Bertz CT molecular complexity index is 369. The van der Waals surface area contributed by atoms with Crippen molar-refractivity contribution in [3.05, 3.63) is 29.8 Å². The molecule has 108 valence electrons. The summed E-state index contributed by atoms with van der Waals surface area (Å²) in [5, 5.41) is 3.23. The van der Waals surface area contributed by atoms with Crippen LogP contribution in [0.25, 0.3) is 0 Å². The summed E-state index contributed by atoms with van der Waals surface area (Å²) < 4.78 is 45.0. The molecule has 0 aromatic heterocycles. The number of benzene rings is 1. The van der Waals surface area contributed by atoms with Crippen LogP contribution in [0, 0.1) is 0 Å². The number of halogens is 3. The molecule has 0 unspecified atom stereocenters. The topological polar surface area (TPSA) is 30.5 Å². The van der Waals surface area contributed by atoms with E-state index in [0.29, 0.717) is 12.3 Å². The highest BCUT2D eigenvalue weighted by Crippen LogP contribution is 2.16. The number of ether oxygens (including phenoxy) is 2. The standard InChI is InChI=1S/C13H18F3NO2/c1-2-6-17-8-11-4-3-5-12(7-11)19-10-18-9-13(14,15)16/h3-5,7,17H,2,6,8-10H2,1H3. The van der Waals surface area contributed by atoms with Gasteiger partial charge in [-0.2, -0.15) is 13.2 Å². The Morgan fingerprint density at radius 3 is 2.74 bits per heavy atom. The number of nitrogens with one attached hydrogen (secondary N) is 1. The number of hydrogen-bond acceptors (Lipinski definition) is 3. The highest BCUT2D eigenvalue weighted by Gasteiger charge is 2.27. The van der Waals surface area contributed by atoms with E-state index < -0.39 is 19.6 Å². The molecule has 0 saturated carbocycles. The molecule has 19 heavy (non-hydrogen) atoms. The fourth-order valence-corrected chi connectivity index (χ4v) is 1.42. The third-order valence-corrected chi connectivity index (χ3v) is 2.23. The van der Waals surface area contributed by atoms with Crippen molar-refractivity contribution in [1.29, 1.82) is 0 Å². The second-order valence-electron chi connectivity index (χ2n) is 4.05. The van der Waals surface area contributed by atoms with Crippen molar-refractivity contribution in [3.63, 3.8) is 0 Å². The summed E-state index contributed by atoms with van der Waals surface area (Å²) in [6, 6.07) is 7.17. The first-order valence-electron chi connectivity index (χ1n) is 6.08. The monoisotopic (exact) mass is 277 g/mol. The van der Waals surface area contributed by atoms with E-state index in [1.54, 1.807) is 18.2 Å². The Balaban J connectivity index is 2.31. The van der Waals surface area contributed by atoms with Crippen molar-refractivity contribution in [2.24, 2.45) is 0 Å². The van der Waals surface area contributed by atoms with Crippen LogP contribution in [-0.4, -0.2) is 26.1 Å². The number of hydrogen-bond donors (Lipinski definition) is 1. The molecule has 0 amide bonds. The molecule has 1 N–H and O–H groups in total. The van der Waals surface area contributed by atoms with Crippen LogP contribution in [0.2, 0.25) is 0 Å². The fourth-order valence-electron chi connectivity index (χ4n) is 1.42. The third-order valence-electron chi connectivity index (χ3n) is 2.23. The van der Waals surface area contributed by atoms with Gasteiger partial charge in [0.05, 0.1) is 0 Å². The average Bonchev–Trinajstić information content (AvgIpc) is 2.35. The molecule has 0 spiro atoms. The lowest BCUT2D eigenvalue weighted by atomic mass is 10.2. The normalized spacial score (nSPS) is 11.6. The van der Waals surface area contributed by atoms with Crippen LogP contribution in [0.3, 0.4) is 0 Å². The van der Waals surface area contributed by atoms with Gasteiger partial charge in [-0.3, -0.25) is 0 Å². The Morgan fingerprint density at radius 1 is 1.26 bits per heavy atom. The van der Waals surface area contributed by atoms with Crippen molar-refractivity contribution < 1.29 is 22.6 Å². The van der Waals surface area contributed by atoms with Gasteiger partial charge in [0, 0.05) is 6.54 Å². The molecule has 0 saturated heterocycles. The van der Waals surface area contributed by atoms with E-state index >= 15 is 0 Å². The summed E-state index contributed by atoms with van der Waals surface area (Å²) in [6.07, 6.45) is -3.28. The quantitative estimate of drug-likeness (QED) is 0.585. The molecule has 0 atom stereocenters. The Morgan fingerprint density at radius 2 is 2.05 bits per heavy atom. The van der Waals surface area contributed by atoms with Gasteiger partial charge in [-0.25, -0.2) is 0 Å². The van der Waals surface area contributed by atoms with Crippen molar-refractivity contribution in [3.8, 4) is 5.75 Å². The molecule has 0 radical (unpaired) electrons. The molecular formula is C13H18F3NO2. The van der Waals surface area contributed by atoms with Gasteiger partial charge in [0.25, 0.3) is 0 Å². The first kappa shape index (κ1) is 15.8. The minimum Gasteiger partial charge on any atom is -0.468 e. The van der Waals surface area contributed by atoms with Crippen molar-refractivity contribution in [2.75, 3.05) is 19.9 Å². The number of rotatable bonds is 8. The van der Waals surface area contributed by atoms with Gasteiger partial charge in [0.2, 0.25) is 0 Å². The average molecular weight is 277 g/mol. The van der Waals surface area contributed by atoms with Gasteiger partial charge in [0.15, 0.2) is 6.79 Å². The maximum absolute atomic E-state index is 11.8. The van der Waals surface area contributed by atoms with Gasteiger partial charge < -0.3 is 14.8 Å². The van der Waals surface area contributed by atoms with E-state index in [1.807, 2.05) is 6.07 Å². The molecule has 3 nitrogen and oxygen atoms in total. The lowest BCUT2D eigenvalue weighted by Gasteiger charge is -2.10. The van der Waals surface area contributed by atoms with Crippen LogP contribution in [0.4, 0.5) is 13.2 Å². The molecule has 1 aromatic carbocycles. The van der Waals surface area contributed by atoms with Crippen molar-refractivity contribution in [1.82, 2.24) is 5.32 Å². The summed E-state index contributed by atoms with van der Waals surface area (Å²) in [5.41, 5.74) is 1.02. The highest BCUT2D eigenvalue weighted by molar-refractivity contribution is 5.28. The van der Waals surface area contributed by atoms with E-state index in [2.05, 4.69) is 17.0 Å². The van der Waals surface area contributed by atoms with E-state index in [1.165, 1.54) is 0 Å². The second-order valence-corrected chi connectivity index (χ2v) is 4.05. The van der Waals surface area contributed by atoms with Crippen molar-refractivity contribution in [2.45, 2.75) is 26.1 Å². The Hall–Kier alpha value is -1.27. The van der Waals surface area contributed by atoms with E-state index in [4.69, 9.17) is 4.74 Å². The molecule has 1 rings (SSSR count). The largest absolute Gasteiger partial charge is 0.468 e. The van der Waals surface area contributed by atoms with Gasteiger partial charge in [-0.05, 0) is 30.7 Å². The minimum atomic E-state index is -4.32. The summed E-state index contributed by atoms with van der Waals surface area (Å²) in [6.45, 7) is 1.98. The lowest BCUT2D eigenvalue weighted by Crippen LogP contribution is -2.19. The van der Waals surface area contributed by atoms with Gasteiger partial charge in [-0.15, -0.1) is 0 Å². The van der Waals surface area contributed by atoms with Crippen LogP contribution in [0.5, 0.6) is 5.75 Å². The minimum absolute atomic E-state index is 0.411. The molecule has 0 aliphatic heterocycles. The summed E-state index contributed by atoms with van der Waals surface area (Å²) in [5.74, 6) is 0.498. The molecule has 1 aromatic rings. The molecule has 0 fully saturated rings. The SMILES string of the molecule is CCCNCc1cccc(OCOCC(F)(F)F)c1. The maximum atomic E-state index is 11.8. The lowest BCUT2D eigenvalue weighted by molar-refractivity contribution is -0.186. The molecule has 0 aliphatic carbocycles. The van der Waals surface area contributed by atoms with Crippen LogP contribution in [-0.2, 0) is 11.3 Å². The van der Waals surface area contributed by atoms with Crippen LogP contribution >= 0.6 is 0 Å². The molecule has 0 heterocycles. The predicted molar refractivity (Wildman–Crippen MR) is 65.9 cm³/mol. The summed E-state index contributed by atoms with van der Waals surface area (Å²) in [7, 11) is 0. The highest BCUT2D eigenvalue weighted by atomic mass is 19.4. The second kappa shape index (κ2) is 8.01. The predicted octanol–water partition coefficient (Wildman–Crippen LogP) is 3.10. The fraction of sp³-hybridized carbons (Fsp3) is 0.538. The van der Waals surface area contributed by atoms with Gasteiger partial charge in [0.1, 0.15) is 12.4 Å². The molecule has 6 heteroatoms. The van der Waals surface area contributed by atoms with E-state index in [0.717, 1.165) is 18.5 Å². The van der Waals surface area contributed by atoms with Crippen molar-refractivity contribution >= 4 is 0 Å². The zero-order valence-electron chi connectivity index (χ0n) is 10.8. The Kier molecular flexibility index (Phi) is 6.66. The van der Waals surface area contributed by atoms with Crippen LogP contribution in [0.15, 0.2) is 24.3 Å². The molecular weight excluding hydrogens is 259 g/mol. The van der Waals surface area contributed by atoms with Gasteiger partial charge >= 0.3 is 6.18 Å². The third kappa shape index (κ3) is 7.69.